The maximum Gasteiger partial charge on any atom is 0.172 e. The first-order valence-electron chi connectivity index (χ1n) is 4.29. The van der Waals surface area contributed by atoms with Crippen molar-refractivity contribution in [1.29, 1.82) is 0 Å². The minimum atomic E-state index is 0.866. The molecule has 0 saturated carbocycles. The molecule has 4 nitrogen and oxygen atoms in total. The molecule has 2 heterocycles. The van der Waals surface area contributed by atoms with Gasteiger partial charge in [-0.1, -0.05) is 6.92 Å². The fourth-order valence-corrected chi connectivity index (χ4v) is 2.58. The van der Waals surface area contributed by atoms with Gasteiger partial charge in [0.25, 0.3) is 0 Å². The SMILES string of the molecule is CCc1ncn(Sc2nc(C)cs2)n1. The zero-order valence-electron chi connectivity index (χ0n) is 7.97. The highest BCUT2D eigenvalue weighted by Gasteiger charge is 2.03. The van der Waals surface area contributed by atoms with Gasteiger partial charge in [-0.05, 0) is 6.92 Å². The van der Waals surface area contributed by atoms with Crippen LogP contribution in [-0.2, 0) is 6.42 Å². The Kier molecular flexibility index (Phi) is 2.83. The molecule has 14 heavy (non-hydrogen) atoms. The monoisotopic (exact) mass is 226 g/mol. The molecule has 0 aromatic carbocycles. The highest BCUT2D eigenvalue weighted by Crippen LogP contribution is 2.22. The molecular formula is C8H10N4S2. The quantitative estimate of drug-likeness (QED) is 0.804. The van der Waals surface area contributed by atoms with Crippen molar-refractivity contribution in [2.75, 3.05) is 0 Å². The van der Waals surface area contributed by atoms with E-state index < -0.39 is 0 Å². The zero-order valence-corrected chi connectivity index (χ0v) is 9.60. The number of thiazole rings is 1. The standard InChI is InChI=1S/C8H10N4S2/c1-3-7-9-5-12(11-7)14-8-10-6(2)4-13-8/h4-5H,3H2,1-2H3. The lowest BCUT2D eigenvalue weighted by atomic mass is 10.5. The molecule has 0 aliphatic heterocycles. The summed E-state index contributed by atoms with van der Waals surface area (Å²) < 4.78 is 2.74. The lowest BCUT2D eigenvalue weighted by Gasteiger charge is -1.92. The average Bonchev–Trinajstić information content (AvgIpc) is 2.76. The van der Waals surface area contributed by atoms with E-state index in [1.807, 2.05) is 19.2 Å². The maximum atomic E-state index is 4.33. The van der Waals surface area contributed by atoms with Gasteiger partial charge in [-0.15, -0.1) is 16.4 Å². The normalized spacial score (nSPS) is 10.7. The van der Waals surface area contributed by atoms with Crippen molar-refractivity contribution in [3.63, 3.8) is 0 Å². The van der Waals surface area contributed by atoms with E-state index in [0.717, 1.165) is 22.3 Å². The first-order chi connectivity index (χ1) is 6.78. The predicted molar refractivity (Wildman–Crippen MR) is 57.5 cm³/mol. The van der Waals surface area contributed by atoms with Crippen LogP contribution >= 0.6 is 23.3 Å². The van der Waals surface area contributed by atoms with E-state index in [1.54, 1.807) is 21.8 Å². The van der Waals surface area contributed by atoms with E-state index in [9.17, 15) is 0 Å². The van der Waals surface area contributed by atoms with Crippen molar-refractivity contribution >= 4 is 23.3 Å². The number of rotatable bonds is 3. The van der Waals surface area contributed by atoms with Crippen molar-refractivity contribution < 1.29 is 0 Å². The van der Waals surface area contributed by atoms with Gasteiger partial charge in [0.15, 0.2) is 10.2 Å². The van der Waals surface area contributed by atoms with Gasteiger partial charge in [0.2, 0.25) is 0 Å². The fourth-order valence-electron chi connectivity index (χ4n) is 0.942. The van der Waals surface area contributed by atoms with Gasteiger partial charge < -0.3 is 0 Å². The molecule has 0 spiro atoms. The third-order valence-corrected chi connectivity index (χ3v) is 3.48. The molecule has 0 fully saturated rings. The van der Waals surface area contributed by atoms with Crippen LogP contribution in [0.3, 0.4) is 0 Å². The predicted octanol–water partition coefficient (Wildman–Crippen LogP) is 2.16. The molecule has 2 aromatic heterocycles. The lowest BCUT2D eigenvalue weighted by Crippen LogP contribution is -1.89. The average molecular weight is 226 g/mol. The van der Waals surface area contributed by atoms with Crippen LogP contribution < -0.4 is 0 Å². The third-order valence-electron chi connectivity index (χ3n) is 1.61. The van der Waals surface area contributed by atoms with E-state index in [1.165, 1.54) is 11.9 Å². The van der Waals surface area contributed by atoms with Gasteiger partial charge >= 0.3 is 0 Å². The molecule has 0 aliphatic rings. The van der Waals surface area contributed by atoms with Crippen molar-refractivity contribution in [3.8, 4) is 0 Å². The van der Waals surface area contributed by atoms with Gasteiger partial charge in [-0.25, -0.2) is 9.97 Å². The summed E-state index contributed by atoms with van der Waals surface area (Å²) >= 11 is 3.12. The largest absolute Gasteiger partial charge is 0.233 e. The van der Waals surface area contributed by atoms with Crippen LogP contribution in [0, 0.1) is 6.92 Å². The number of hydrogen-bond acceptors (Lipinski definition) is 5. The maximum absolute atomic E-state index is 4.33. The number of hydrogen-bond donors (Lipinski definition) is 0. The van der Waals surface area contributed by atoms with Crippen molar-refractivity contribution in [3.05, 3.63) is 23.2 Å². The molecule has 0 unspecified atom stereocenters. The second-order valence-corrected chi connectivity index (χ2v) is 4.82. The minimum Gasteiger partial charge on any atom is -0.233 e. The van der Waals surface area contributed by atoms with Crippen molar-refractivity contribution in [2.45, 2.75) is 24.6 Å². The molecule has 2 rings (SSSR count). The van der Waals surface area contributed by atoms with Crippen LogP contribution in [0.4, 0.5) is 0 Å². The van der Waals surface area contributed by atoms with E-state index in [4.69, 9.17) is 0 Å². The Labute approximate surface area is 90.5 Å². The summed E-state index contributed by atoms with van der Waals surface area (Å²) in [4.78, 5) is 8.48. The first kappa shape index (κ1) is 9.67. The van der Waals surface area contributed by atoms with E-state index >= 15 is 0 Å². The molecule has 0 atom stereocenters. The van der Waals surface area contributed by atoms with Gasteiger partial charge in [0.1, 0.15) is 6.33 Å². The van der Waals surface area contributed by atoms with Crippen LogP contribution in [0.2, 0.25) is 0 Å². The first-order valence-corrected chi connectivity index (χ1v) is 5.94. The minimum absolute atomic E-state index is 0.866. The van der Waals surface area contributed by atoms with E-state index in [-0.39, 0.29) is 0 Å². The Morgan fingerprint density at radius 1 is 1.57 bits per heavy atom. The van der Waals surface area contributed by atoms with E-state index in [0.29, 0.717) is 0 Å². The summed E-state index contributed by atoms with van der Waals surface area (Å²) in [6.45, 7) is 4.03. The molecule has 0 amide bonds. The summed E-state index contributed by atoms with van der Waals surface area (Å²) in [6, 6.07) is 0. The topological polar surface area (TPSA) is 43.6 Å². The summed E-state index contributed by atoms with van der Waals surface area (Å²) in [5.41, 5.74) is 1.05. The molecule has 0 aliphatic carbocycles. The number of nitrogens with zero attached hydrogens (tertiary/aromatic N) is 4. The van der Waals surface area contributed by atoms with Crippen molar-refractivity contribution in [2.24, 2.45) is 0 Å². The molecule has 6 heteroatoms. The second kappa shape index (κ2) is 4.10. The Morgan fingerprint density at radius 2 is 2.43 bits per heavy atom. The van der Waals surface area contributed by atoms with Crippen LogP contribution in [0.15, 0.2) is 16.0 Å². The molecule has 0 saturated heterocycles. The lowest BCUT2D eigenvalue weighted by molar-refractivity contribution is 0.915. The van der Waals surface area contributed by atoms with Gasteiger partial charge in [-0.2, -0.15) is 4.09 Å². The molecular weight excluding hydrogens is 216 g/mol. The van der Waals surface area contributed by atoms with E-state index in [2.05, 4.69) is 15.1 Å². The Hall–Kier alpha value is -0.880. The Balaban J connectivity index is 2.10. The van der Waals surface area contributed by atoms with Gasteiger partial charge in [-0.3, -0.25) is 0 Å². The highest BCUT2D eigenvalue weighted by atomic mass is 32.2. The third kappa shape index (κ3) is 2.13. The fraction of sp³-hybridized carbons (Fsp3) is 0.375. The number of aromatic nitrogens is 4. The van der Waals surface area contributed by atoms with Gasteiger partial charge in [0.05, 0.1) is 0 Å². The molecule has 2 aromatic rings. The van der Waals surface area contributed by atoms with Crippen molar-refractivity contribution in [1.82, 2.24) is 19.2 Å². The molecule has 74 valence electrons. The summed E-state index contributed by atoms with van der Waals surface area (Å²) in [5, 5.41) is 6.30. The van der Waals surface area contributed by atoms with Crippen LogP contribution in [0.5, 0.6) is 0 Å². The van der Waals surface area contributed by atoms with Crippen LogP contribution in [0.25, 0.3) is 0 Å². The summed E-state index contributed by atoms with van der Waals surface area (Å²) in [7, 11) is 0. The molecule has 0 N–H and O–H groups in total. The van der Waals surface area contributed by atoms with Crippen LogP contribution in [-0.4, -0.2) is 19.2 Å². The van der Waals surface area contributed by atoms with Gasteiger partial charge in [0, 0.05) is 29.4 Å². The Morgan fingerprint density at radius 3 is 3.00 bits per heavy atom. The molecule has 0 radical (unpaired) electrons. The highest BCUT2D eigenvalue weighted by molar-refractivity contribution is 7.99. The zero-order chi connectivity index (χ0) is 9.97. The Bertz CT molecular complexity index is 420. The number of aryl methyl sites for hydroxylation is 2. The van der Waals surface area contributed by atoms with Crippen LogP contribution in [0.1, 0.15) is 18.4 Å². The smallest absolute Gasteiger partial charge is 0.172 e. The second-order valence-electron chi connectivity index (χ2n) is 2.76. The summed E-state index contributed by atoms with van der Waals surface area (Å²) in [5.74, 6) is 0.866. The molecule has 0 bridgehead atoms. The summed E-state index contributed by atoms with van der Waals surface area (Å²) in [6.07, 6.45) is 2.59.